The van der Waals surface area contributed by atoms with Gasteiger partial charge in [-0.05, 0) is 33.5 Å². The Bertz CT molecular complexity index is 53.0. The SMILES string of the molecule is CN(C)CCCCO.Cl.N. The van der Waals surface area contributed by atoms with Gasteiger partial charge in [0.1, 0.15) is 0 Å². The number of nitrogens with zero attached hydrogens (tertiary/aromatic N) is 1. The summed E-state index contributed by atoms with van der Waals surface area (Å²) in [4.78, 5) is 2.12. The van der Waals surface area contributed by atoms with Crippen molar-refractivity contribution in [2.75, 3.05) is 27.2 Å². The van der Waals surface area contributed by atoms with E-state index in [2.05, 4.69) is 4.90 Å². The number of hydrogen-bond donors (Lipinski definition) is 2. The lowest BCUT2D eigenvalue weighted by atomic mass is 10.3. The van der Waals surface area contributed by atoms with E-state index < -0.39 is 0 Å². The van der Waals surface area contributed by atoms with Gasteiger partial charge < -0.3 is 16.2 Å². The van der Waals surface area contributed by atoms with E-state index >= 15 is 0 Å². The van der Waals surface area contributed by atoms with Gasteiger partial charge in [0.05, 0.1) is 0 Å². The molecule has 10 heavy (non-hydrogen) atoms. The zero-order valence-corrected chi connectivity index (χ0v) is 7.65. The van der Waals surface area contributed by atoms with Crippen molar-refractivity contribution in [3.8, 4) is 0 Å². The fourth-order valence-electron chi connectivity index (χ4n) is 0.540. The quantitative estimate of drug-likeness (QED) is 0.617. The molecular weight excluding hydrogens is 152 g/mol. The smallest absolute Gasteiger partial charge is 0.0431 e. The van der Waals surface area contributed by atoms with Crippen molar-refractivity contribution in [3.05, 3.63) is 0 Å². The van der Waals surface area contributed by atoms with Crippen molar-refractivity contribution in [2.24, 2.45) is 0 Å². The lowest BCUT2D eigenvalue weighted by Gasteiger charge is -2.06. The molecule has 0 atom stereocenters. The van der Waals surface area contributed by atoms with Gasteiger partial charge in [0.2, 0.25) is 0 Å². The molecule has 0 unspecified atom stereocenters. The highest BCUT2D eigenvalue weighted by atomic mass is 35.5. The first-order valence-electron chi connectivity index (χ1n) is 3.03. The van der Waals surface area contributed by atoms with E-state index in [-0.39, 0.29) is 18.6 Å². The average molecular weight is 171 g/mol. The predicted octanol–water partition coefficient (Wildman–Crippen LogP) is 0.904. The maximum Gasteiger partial charge on any atom is 0.0431 e. The van der Waals surface area contributed by atoms with Crippen molar-refractivity contribution in [3.63, 3.8) is 0 Å². The molecule has 0 aromatic heterocycles. The Morgan fingerprint density at radius 1 is 1.20 bits per heavy atom. The van der Waals surface area contributed by atoms with Crippen molar-refractivity contribution in [1.82, 2.24) is 11.1 Å². The maximum atomic E-state index is 8.36. The molecule has 0 aromatic carbocycles. The Morgan fingerprint density at radius 2 is 1.70 bits per heavy atom. The molecule has 0 bridgehead atoms. The molecule has 0 fully saturated rings. The standard InChI is InChI=1S/C6H15NO.ClH.H3N/c1-7(2)5-3-4-6-8;;/h8H,3-6H2,1-2H3;1H;1H3. The van der Waals surface area contributed by atoms with Crippen molar-refractivity contribution in [2.45, 2.75) is 12.8 Å². The third kappa shape index (κ3) is 15.7. The molecule has 0 aliphatic carbocycles. The van der Waals surface area contributed by atoms with Crippen LogP contribution in [0, 0.1) is 0 Å². The van der Waals surface area contributed by atoms with Gasteiger partial charge in [-0.1, -0.05) is 0 Å². The van der Waals surface area contributed by atoms with Gasteiger partial charge in [0.25, 0.3) is 0 Å². The zero-order chi connectivity index (χ0) is 6.41. The molecule has 66 valence electrons. The van der Waals surface area contributed by atoms with Crippen LogP contribution in [0.1, 0.15) is 12.8 Å². The van der Waals surface area contributed by atoms with E-state index in [1.165, 1.54) is 0 Å². The Balaban J connectivity index is -0.000000245. The van der Waals surface area contributed by atoms with Crippen LogP contribution < -0.4 is 6.15 Å². The minimum atomic E-state index is 0. The second kappa shape index (κ2) is 11.9. The van der Waals surface area contributed by atoms with Crippen LogP contribution in [0.2, 0.25) is 0 Å². The first kappa shape index (κ1) is 16.6. The molecule has 0 spiro atoms. The van der Waals surface area contributed by atoms with E-state index in [1.807, 2.05) is 14.1 Å². The molecule has 4 heteroatoms. The summed E-state index contributed by atoms with van der Waals surface area (Å²) in [6.45, 7) is 1.41. The Morgan fingerprint density at radius 3 is 2.00 bits per heavy atom. The molecule has 0 radical (unpaired) electrons. The van der Waals surface area contributed by atoms with E-state index in [0.29, 0.717) is 6.61 Å². The maximum absolute atomic E-state index is 8.36. The largest absolute Gasteiger partial charge is 0.396 e. The highest BCUT2D eigenvalue weighted by Gasteiger charge is 1.87. The monoisotopic (exact) mass is 170 g/mol. The van der Waals surface area contributed by atoms with Crippen molar-refractivity contribution >= 4 is 12.4 Å². The molecule has 0 heterocycles. The third-order valence-electron chi connectivity index (χ3n) is 1.01. The second-order valence-electron chi connectivity index (χ2n) is 2.23. The lowest BCUT2D eigenvalue weighted by Crippen LogP contribution is -2.12. The summed E-state index contributed by atoms with van der Waals surface area (Å²) >= 11 is 0. The summed E-state index contributed by atoms with van der Waals surface area (Å²) in [5.74, 6) is 0. The summed E-state index contributed by atoms with van der Waals surface area (Å²) in [6.07, 6.45) is 2.03. The van der Waals surface area contributed by atoms with Gasteiger partial charge in [-0.2, -0.15) is 0 Å². The number of halogens is 1. The molecule has 0 aromatic rings. The van der Waals surface area contributed by atoms with E-state index in [4.69, 9.17) is 5.11 Å². The van der Waals surface area contributed by atoms with Gasteiger partial charge in [0.15, 0.2) is 0 Å². The summed E-state index contributed by atoms with van der Waals surface area (Å²) in [6, 6.07) is 0. The Kier molecular flexibility index (Phi) is 19.8. The number of unbranched alkanes of at least 4 members (excludes halogenated alkanes) is 1. The average Bonchev–Trinajstić information content (AvgIpc) is 1.66. The van der Waals surface area contributed by atoms with Crippen molar-refractivity contribution < 1.29 is 5.11 Å². The van der Waals surface area contributed by atoms with Crippen LogP contribution in [0.15, 0.2) is 0 Å². The molecule has 0 saturated carbocycles. The summed E-state index contributed by atoms with van der Waals surface area (Å²) < 4.78 is 0. The van der Waals surface area contributed by atoms with Crippen molar-refractivity contribution in [1.29, 1.82) is 0 Å². The molecular formula is C6H19ClN2O. The minimum Gasteiger partial charge on any atom is -0.396 e. The molecule has 0 aliphatic heterocycles. The topological polar surface area (TPSA) is 58.5 Å². The third-order valence-corrected chi connectivity index (χ3v) is 1.01. The van der Waals surface area contributed by atoms with Crippen LogP contribution >= 0.6 is 12.4 Å². The number of aliphatic hydroxyl groups excluding tert-OH is 1. The highest BCUT2D eigenvalue weighted by molar-refractivity contribution is 5.85. The van der Waals surface area contributed by atoms with Crippen LogP contribution in [-0.2, 0) is 0 Å². The molecule has 0 saturated heterocycles. The summed E-state index contributed by atoms with van der Waals surface area (Å²) in [5.41, 5.74) is 0. The first-order chi connectivity index (χ1) is 3.77. The Labute approximate surface area is 69.4 Å². The predicted molar refractivity (Wildman–Crippen MR) is 47.1 cm³/mol. The van der Waals surface area contributed by atoms with Crippen LogP contribution in [-0.4, -0.2) is 37.3 Å². The second-order valence-corrected chi connectivity index (χ2v) is 2.23. The van der Waals surface area contributed by atoms with E-state index in [0.717, 1.165) is 19.4 Å². The number of rotatable bonds is 4. The van der Waals surface area contributed by atoms with Gasteiger partial charge in [-0.3, -0.25) is 0 Å². The normalized spacial score (nSPS) is 8.40. The first-order valence-corrected chi connectivity index (χ1v) is 3.03. The summed E-state index contributed by atoms with van der Waals surface area (Å²) in [7, 11) is 4.08. The molecule has 4 N–H and O–H groups in total. The number of hydrogen-bond acceptors (Lipinski definition) is 3. The summed E-state index contributed by atoms with van der Waals surface area (Å²) in [5, 5.41) is 8.36. The minimum absolute atomic E-state index is 0. The van der Waals surface area contributed by atoms with E-state index in [1.54, 1.807) is 0 Å². The van der Waals surface area contributed by atoms with Crippen LogP contribution in [0.3, 0.4) is 0 Å². The number of aliphatic hydroxyl groups is 1. The molecule has 3 nitrogen and oxygen atoms in total. The van der Waals surface area contributed by atoms with Gasteiger partial charge >= 0.3 is 0 Å². The fourth-order valence-corrected chi connectivity index (χ4v) is 0.540. The fraction of sp³-hybridized carbons (Fsp3) is 1.00. The molecule has 0 amide bonds. The van der Waals surface area contributed by atoms with E-state index in [9.17, 15) is 0 Å². The molecule has 0 aliphatic rings. The van der Waals surface area contributed by atoms with Gasteiger partial charge in [-0.15, -0.1) is 12.4 Å². The van der Waals surface area contributed by atoms with Gasteiger partial charge in [0, 0.05) is 6.61 Å². The van der Waals surface area contributed by atoms with Crippen LogP contribution in [0.4, 0.5) is 0 Å². The van der Waals surface area contributed by atoms with Gasteiger partial charge in [-0.25, -0.2) is 0 Å². The van der Waals surface area contributed by atoms with Crippen LogP contribution in [0.25, 0.3) is 0 Å². The lowest BCUT2D eigenvalue weighted by molar-refractivity contribution is 0.273. The zero-order valence-electron chi connectivity index (χ0n) is 6.84. The Hall–Kier alpha value is 0.170. The highest BCUT2D eigenvalue weighted by Crippen LogP contribution is 1.87. The molecule has 0 rings (SSSR count). The van der Waals surface area contributed by atoms with Crippen LogP contribution in [0.5, 0.6) is 0 Å².